The van der Waals surface area contributed by atoms with Crippen molar-refractivity contribution in [1.29, 1.82) is 0 Å². The highest BCUT2D eigenvalue weighted by Crippen LogP contribution is 2.17. The summed E-state index contributed by atoms with van der Waals surface area (Å²) in [6, 6.07) is 9.77. The van der Waals surface area contributed by atoms with Gasteiger partial charge in [-0.15, -0.1) is 0 Å². The van der Waals surface area contributed by atoms with Gasteiger partial charge < -0.3 is 4.57 Å². The summed E-state index contributed by atoms with van der Waals surface area (Å²) in [6.07, 6.45) is 3.19. The molecule has 3 rings (SSSR count). The van der Waals surface area contributed by atoms with Crippen LogP contribution in [-0.2, 0) is 7.05 Å². The van der Waals surface area contributed by atoms with Crippen molar-refractivity contribution < 1.29 is 0 Å². The molecule has 6 nitrogen and oxygen atoms in total. The normalized spacial score (nSPS) is 11.8. The predicted octanol–water partition coefficient (Wildman–Crippen LogP) is 2.20. The predicted molar refractivity (Wildman–Crippen MR) is 78.6 cm³/mol. The van der Waals surface area contributed by atoms with E-state index >= 15 is 0 Å². The molecule has 0 atom stereocenters. The molecule has 0 unspecified atom stereocenters. The van der Waals surface area contributed by atoms with Crippen LogP contribution in [0.4, 0.5) is 5.95 Å². The van der Waals surface area contributed by atoms with Crippen LogP contribution in [0, 0.1) is 0 Å². The van der Waals surface area contributed by atoms with Crippen LogP contribution < -0.4 is 5.43 Å². The van der Waals surface area contributed by atoms with Gasteiger partial charge in [0.1, 0.15) is 6.33 Å². The van der Waals surface area contributed by atoms with Crippen molar-refractivity contribution >= 4 is 22.7 Å². The van der Waals surface area contributed by atoms with E-state index in [0.29, 0.717) is 5.95 Å². The SMILES string of the molecule is C/C(=N\Nc1nc2ccccc2n1C)c1ccncn1. The number of benzene rings is 1. The quantitative estimate of drug-likeness (QED) is 0.583. The molecule has 100 valence electrons. The minimum atomic E-state index is 0.694. The Bertz CT molecular complexity index is 760. The zero-order valence-corrected chi connectivity index (χ0v) is 11.3. The van der Waals surface area contributed by atoms with Gasteiger partial charge in [0.2, 0.25) is 5.95 Å². The first-order chi connectivity index (χ1) is 9.75. The summed E-state index contributed by atoms with van der Waals surface area (Å²) in [5.74, 6) is 0.694. The summed E-state index contributed by atoms with van der Waals surface area (Å²) in [6.45, 7) is 1.89. The minimum Gasteiger partial charge on any atom is -0.312 e. The molecule has 1 N–H and O–H groups in total. The van der Waals surface area contributed by atoms with Gasteiger partial charge in [0.25, 0.3) is 0 Å². The highest BCUT2D eigenvalue weighted by atomic mass is 15.4. The van der Waals surface area contributed by atoms with Crippen LogP contribution in [0.5, 0.6) is 0 Å². The number of anilines is 1. The highest BCUT2D eigenvalue weighted by molar-refractivity contribution is 5.97. The second-order valence-corrected chi connectivity index (χ2v) is 4.39. The molecular formula is C14H14N6. The van der Waals surface area contributed by atoms with Crippen molar-refractivity contribution in [1.82, 2.24) is 19.5 Å². The van der Waals surface area contributed by atoms with Crippen LogP contribution in [0.2, 0.25) is 0 Å². The number of hydrazone groups is 1. The summed E-state index contributed by atoms with van der Waals surface area (Å²) in [4.78, 5) is 12.5. The lowest BCUT2D eigenvalue weighted by atomic mass is 10.3. The number of nitrogens with one attached hydrogen (secondary N) is 1. The van der Waals surface area contributed by atoms with Crippen LogP contribution >= 0.6 is 0 Å². The first-order valence-corrected chi connectivity index (χ1v) is 6.24. The Morgan fingerprint density at radius 1 is 1.25 bits per heavy atom. The lowest BCUT2D eigenvalue weighted by Crippen LogP contribution is -2.05. The van der Waals surface area contributed by atoms with Gasteiger partial charge in [-0.3, -0.25) is 0 Å². The number of nitrogens with zero attached hydrogens (tertiary/aromatic N) is 5. The Morgan fingerprint density at radius 3 is 2.85 bits per heavy atom. The van der Waals surface area contributed by atoms with Gasteiger partial charge in [0.05, 0.1) is 22.4 Å². The van der Waals surface area contributed by atoms with Gasteiger partial charge in [0, 0.05) is 13.2 Å². The van der Waals surface area contributed by atoms with Gasteiger partial charge in [0.15, 0.2) is 0 Å². The fraction of sp³-hybridized carbons (Fsp3) is 0.143. The molecule has 0 aliphatic rings. The highest BCUT2D eigenvalue weighted by Gasteiger charge is 2.06. The van der Waals surface area contributed by atoms with Crippen molar-refractivity contribution in [2.24, 2.45) is 12.1 Å². The van der Waals surface area contributed by atoms with Crippen LogP contribution in [0.15, 0.2) is 48.0 Å². The number of hydrogen-bond acceptors (Lipinski definition) is 5. The van der Waals surface area contributed by atoms with E-state index in [9.17, 15) is 0 Å². The summed E-state index contributed by atoms with van der Waals surface area (Å²) in [7, 11) is 1.95. The molecule has 2 heterocycles. The van der Waals surface area contributed by atoms with Crippen molar-refractivity contribution in [2.75, 3.05) is 5.43 Å². The fourth-order valence-corrected chi connectivity index (χ4v) is 1.94. The Hall–Kier alpha value is -2.76. The fourth-order valence-electron chi connectivity index (χ4n) is 1.94. The second kappa shape index (κ2) is 5.08. The zero-order valence-electron chi connectivity index (χ0n) is 11.3. The summed E-state index contributed by atoms with van der Waals surface area (Å²) in [5, 5.41) is 4.31. The lowest BCUT2D eigenvalue weighted by Gasteiger charge is -2.02. The summed E-state index contributed by atoms with van der Waals surface area (Å²) >= 11 is 0. The maximum Gasteiger partial charge on any atom is 0.224 e. The topological polar surface area (TPSA) is 68.0 Å². The molecule has 0 radical (unpaired) electrons. The third-order valence-corrected chi connectivity index (χ3v) is 3.06. The molecular weight excluding hydrogens is 252 g/mol. The van der Waals surface area contributed by atoms with Crippen LogP contribution in [-0.4, -0.2) is 25.2 Å². The largest absolute Gasteiger partial charge is 0.312 e. The third kappa shape index (κ3) is 2.23. The van der Waals surface area contributed by atoms with Crippen molar-refractivity contribution in [2.45, 2.75) is 6.92 Å². The lowest BCUT2D eigenvalue weighted by molar-refractivity contribution is 0.941. The average Bonchev–Trinajstić information content (AvgIpc) is 2.83. The number of para-hydroxylation sites is 2. The molecule has 1 aromatic carbocycles. The van der Waals surface area contributed by atoms with Gasteiger partial charge in [-0.1, -0.05) is 12.1 Å². The van der Waals surface area contributed by atoms with E-state index in [4.69, 9.17) is 0 Å². The maximum atomic E-state index is 4.49. The van der Waals surface area contributed by atoms with E-state index < -0.39 is 0 Å². The monoisotopic (exact) mass is 266 g/mol. The molecule has 0 amide bonds. The first kappa shape index (κ1) is 12.3. The molecule has 2 aromatic heterocycles. The molecule has 0 fully saturated rings. The van der Waals surface area contributed by atoms with E-state index in [0.717, 1.165) is 22.4 Å². The van der Waals surface area contributed by atoms with Gasteiger partial charge in [-0.05, 0) is 25.1 Å². The van der Waals surface area contributed by atoms with Crippen molar-refractivity contribution in [3.63, 3.8) is 0 Å². The average molecular weight is 266 g/mol. The molecule has 0 bridgehead atoms. The number of aromatic nitrogens is 4. The molecule has 20 heavy (non-hydrogen) atoms. The molecule has 0 spiro atoms. The van der Waals surface area contributed by atoms with Crippen LogP contribution in [0.1, 0.15) is 12.6 Å². The maximum absolute atomic E-state index is 4.49. The molecule has 6 heteroatoms. The zero-order chi connectivity index (χ0) is 13.9. The van der Waals surface area contributed by atoms with E-state index in [-0.39, 0.29) is 0 Å². The Labute approximate surface area is 116 Å². The van der Waals surface area contributed by atoms with Crippen LogP contribution in [0.3, 0.4) is 0 Å². The smallest absolute Gasteiger partial charge is 0.224 e. The van der Waals surface area contributed by atoms with E-state index in [1.807, 2.05) is 48.9 Å². The summed E-state index contributed by atoms with van der Waals surface area (Å²) < 4.78 is 1.96. The number of aryl methyl sites for hydroxylation is 1. The molecule has 0 aliphatic heterocycles. The third-order valence-electron chi connectivity index (χ3n) is 3.06. The molecule has 0 saturated carbocycles. The molecule has 0 saturated heterocycles. The van der Waals surface area contributed by atoms with Crippen LogP contribution in [0.25, 0.3) is 11.0 Å². The van der Waals surface area contributed by atoms with E-state index in [2.05, 4.69) is 25.5 Å². The number of imidazole rings is 1. The van der Waals surface area contributed by atoms with Crippen molar-refractivity contribution in [3.8, 4) is 0 Å². The Balaban J connectivity index is 1.89. The number of hydrogen-bond donors (Lipinski definition) is 1. The minimum absolute atomic E-state index is 0.694. The second-order valence-electron chi connectivity index (χ2n) is 4.39. The number of rotatable bonds is 3. The van der Waals surface area contributed by atoms with Gasteiger partial charge >= 0.3 is 0 Å². The number of fused-ring (bicyclic) bond motifs is 1. The standard InChI is InChI=1S/C14H14N6/c1-10(11-7-8-15-9-16-11)18-19-14-17-12-5-3-4-6-13(12)20(14)2/h3-9H,1-2H3,(H,17,19)/b18-10+. The Kier molecular flexibility index (Phi) is 3.12. The Morgan fingerprint density at radius 2 is 2.10 bits per heavy atom. The first-order valence-electron chi connectivity index (χ1n) is 6.24. The molecule has 3 aromatic rings. The van der Waals surface area contributed by atoms with E-state index in [1.165, 1.54) is 6.33 Å². The van der Waals surface area contributed by atoms with Gasteiger partial charge in [-0.25, -0.2) is 20.4 Å². The van der Waals surface area contributed by atoms with Crippen molar-refractivity contribution in [3.05, 3.63) is 48.5 Å². The summed E-state index contributed by atoms with van der Waals surface area (Å²) in [5.41, 5.74) is 6.54. The van der Waals surface area contributed by atoms with E-state index in [1.54, 1.807) is 6.20 Å². The van der Waals surface area contributed by atoms with Gasteiger partial charge in [-0.2, -0.15) is 5.10 Å². The molecule has 0 aliphatic carbocycles.